The van der Waals surface area contributed by atoms with E-state index in [2.05, 4.69) is 4.98 Å². The summed E-state index contributed by atoms with van der Waals surface area (Å²) in [6, 6.07) is 11.9. The average Bonchev–Trinajstić information content (AvgIpc) is 3.51. The molecule has 1 amide bonds. The first-order chi connectivity index (χ1) is 17.3. The SMILES string of the molecule is COc1ccc(C(O)=C2C(=O)C(=O)N(c3ccc(-c4ccsc4)cc3)C2C2COC(C)(C)OC2)cn1. The van der Waals surface area contributed by atoms with Crippen molar-refractivity contribution in [3.63, 3.8) is 0 Å². The van der Waals surface area contributed by atoms with Crippen LogP contribution in [0.5, 0.6) is 5.88 Å². The number of amides is 1. The Balaban J connectivity index is 1.58. The molecule has 1 aromatic carbocycles. The maximum atomic E-state index is 13.4. The minimum Gasteiger partial charge on any atom is -0.507 e. The summed E-state index contributed by atoms with van der Waals surface area (Å²) >= 11 is 1.60. The van der Waals surface area contributed by atoms with Crippen molar-refractivity contribution in [1.82, 2.24) is 4.98 Å². The van der Waals surface area contributed by atoms with Gasteiger partial charge in [-0.15, -0.1) is 0 Å². The molecule has 0 saturated carbocycles. The Morgan fingerprint density at radius 1 is 1.08 bits per heavy atom. The summed E-state index contributed by atoms with van der Waals surface area (Å²) in [6.07, 6.45) is 1.41. The maximum absolute atomic E-state index is 13.4. The number of aliphatic hydroxyl groups is 1. The molecule has 186 valence electrons. The Morgan fingerprint density at radius 2 is 1.81 bits per heavy atom. The zero-order valence-electron chi connectivity index (χ0n) is 20.1. The summed E-state index contributed by atoms with van der Waals surface area (Å²) in [5.41, 5.74) is 2.95. The second-order valence-corrected chi connectivity index (χ2v) is 9.92. The lowest BCUT2D eigenvalue weighted by molar-refractivity contribution is -0.262. The molecular weight excluding hydrogens is 480 g/mol. The van der Waals surface area contributed by atoms with Crippen molar-refractivity contribution in [3.8, 4) is 17.0 Å². The van der Waals surface area contributed by atoms with Gasteiger partial charge in [0, 0.05) is 29.4 Å². The first kappa shape index (κ1) is 24.2. The molecule has 2 aliphatic heterocycles. The van der Waals surface area contributed by atoms with Crippen LogP contribution in [0.2, 0.25) is 0 Å². The van der Waals surface area contributed by atoms with E-state index >= 15 is 0 Å². The number of nitrogens with zero attached hydrogens (tertiary/aromatic N) is 2. The van der Waals surface area contributed by atoms with Crippen molar-refractivity contribution in [2.45, 2.75) is 25.7 Å². The average molecular weight is 507 g/mol. The number of anilines is 1. The molecule has 2 fully saturated rings. The number of carbonyl (C=O) groups excluding carboxylic acids is 2. The number of aliphatic hydroxyl groups excluding tert-OH is 1. The zero-order chi connectivity index (χ0) is 25.4. The Morgan fingerprint density at radius 3 is 2.39 bits per heavy atom. The van der Waals surface area contributed by atoms with Crippen molar-refractivity contribution < 1.29 is 28.9 Å². The monoisotopic (exact) mass is 506 g/mol. The van der Waals surface area contributed by atoms with Crippen LogP contribution in [0.1, 0.15) is 19.4 Å². The molecule has 4 heterocycles. The number of benzene rings is 1. The summed E-state index contributed by atoms with van der Waals surface area (Å²) in [6.45, 7) is 4.12. The number of hydrogen-bond donors (Lipinski definition) is 1. The van der Waals surface area contributed by atoms with Gasteiger partial charge in [0.1, 0.15) is 5.76 Å². The second-order valence-electron chi connectivity index (χ2n) is 9.14. The zero-order valence-corrected chi connectivity index (χ0v) is 21.0. The standard InChI is InChI=1S/C27H26N2O6S/c1-27(2)34-13-19(14-35-27)23-22(24(30)17-6-9-21(33-3)28-12-17)25(31)26(32)29(23)20-7-4-16(5-8-20)18-10-11-36-15-18/h4-12,15,19,23,30H,13-14H2,1-3H3. The molecule has 0 bridgehead atoms. The van der Waals surface area contributed by atoms with Gasteiger partial charge in [-0.3, -0.25) is 14.5 Å². The highest BCUT2D eigenvalue weighted by atomic mass is 32.1. The topological polar surface area (TPSA) is 98.2 Å². The number of rotatable bonds is 5. The number of Topliss-reactive ketones (excluding diaryl/α,β-unsaturated/α-hetero) is 1. The van der Waals surface area contributed by atoms with E-state index in [1.54, 1.807) is 23.5 Å². The Kier molecular flexibility index (Phi) is 6.38. The lowest BCUT2D eigenvalue weighted by Crippen LogP contribution is -2.49. The van der Waals surface area contributed by atoms with Gasteiger partial charge in [0.15, 0.2) is 5.79 Å². The molecule has 5 rings (SSSR count). The normalized spacial score (nSPS) is 21.6. The third-order valence-electron chi connectivity index (χ3n) is 6.44. The maximum Gasteiger partial charge on any atom is 0.299 e. The van der Waals surface area contributed by atoms with Gasteiger partial charge in [0.2, 0.25) is 5.88 Å². The lowest BCUT2D eigenvalue weighted by atomic mass is 9.90. The van der Waals surface area contributed by atoms with E-state index in [9.17, 15) is 14.7 Å². The largest absolute Gasteiger partial charge is 0.507 e. The minimum absolute atomic E-state index is 0.00536. The molecule has 2 aromatic heterocycles. The molecule has 9 heteroatoms. The van der Waals surface area contributed by atoms with Crippen LogP contribution >= 0.6 is 11.3 Å². The highest BCUT2D eigenvalue weighted by molar-refractivity contribution is 7.08. The van der Waals surface area contributed by atoms with Crippen LogP contribution in [0, 0.1) is 5.92 Å². The molecule has 36 heavy (non-hydrogen) atoms. The van der Waals surface area contributed by atoms with Crippen LogP contribution in [0.3, 0.4) is 0 Å². The van der Waals surface area contributed by atoms with E-state index in [-0.39, 0.29) is 30.5 Å². The smallest absolute Gasteiger partial charge is 0.299 e. The fourth-order valence-corrected chi connectivity index (χ4v) is 5.18. The van der Waals surface area contributed by atoms with Gasteiger partial charge in [-0.05, 0) is 60.0 Å². The number of ether oxygens (including phenoxy) is 3. The van der Waals surface area contributed by atoms with E-state index in [4.69, 9.17) is 14.2 Å². The Hall–Kier alpha value is -3.53. The second kappa shape index (κ2) is 9.50. The third-order valence-corrected chi connectivity index (χ3v) is 7.13. The molecule has 8 nitrogen and oxygen atoms in total. The van der Waals surface area contributed by atoms with E-state index in [1.807, 2.05) is 54.9 Å². The first-order valence-corrected chi connectivity index (χ1v) is 12.5. The number of aromatic nitrogens is 1. The quantitative estimate of drug-likeness (QED) is 0.310. The Bertz CT molecular complexity index is 1290. The molecule has 2 aliphatic rings. The van der Waals surface area contributed by atoms with Crippen molar-refractivity contribution in [3.05, 3.63) is 70.6 Å². The minimum atomic E-state index is -0.782. The van der Waals surface area contributed by atoms with Crippen molar-refractivity contribution >= 4 is 34.5 Å². The highest BCUT2D eigenvalue weighted by Gasteiger charge is 2.51. The summed E-state index contributed by atoms with van der Waals surface area (Å²) in [7, 11) is 1.49. The molecule has 0 spiro atoms. The lowest BCUT2D eigenvalue weighted by Gasteiger charge is -2.39. The number of pyridine rings is 1. The van der Waals surface area contributed by atoms with Gasteiger partial charge < -0.3 is 19.3 Å². The highest BCUT2D eigenvalue weighted by Crippen LogP contribution is 2.39. The Labute approximate surface area is 212 Å². The van der Waals surface area contributed by atoms with Gasteiger partial charge in [0.25, 0.3) is 11.7 Å². The van der Waals surface area contributed by atoms with Gasteiger partial charge in [-0.25, -0.2) is 4.98 Å². The van der Waals surface area contributed by atoms with Crippen LogP contribution in [0.4, 0.5) is 5.69 Å². The molecule has 0 radical (unpaired) electrons. The van der Waals surface area contributed by atoms with E-state index < -0.39 is 23.5 Å². The van der Waals surface area contributed by atoms with Crippen LogP contribution < -0.4 is 9.64 Å². The van der Waals surface area contributed by atoms with Gasteiger partial charge in [-0.2, -0.15) is 11.3 Å². The molecular formula is C27H26N2O6S. The van der Waals surface area contributed by atoms with Crippen molar-refractivity contribution in [2.24, 2.45) is 5.92 Å². The third kappa shape index (κ3) is 4.41. The van der Waals surface area contributed by atoms with E-state index in [0.29, 0.717) is 17.1 Å². The predicted molar refractivity (Wildman–Crippen MR) is 136 cm³/mol. The molecule has 1 atom stereocenters. The van der Waals surface area contributed by atoms with Crippen LogP contribution in [-0.2, 0) is 19.1 Å². The van der Waals surface area contributed by atoms with Crippen LogP contribution in [0.25, 0.3) is 16.9 Å². The number of carbonyl (C=O) groups is 2. The molecule has 0 aliphatic carbocycles. The molecule has 1 N–H and O–H groups in total. The number of methoxy groups -OCH3 is 1. The summed E-state index contributed by atoms with van der Waals surface area (Å²) in [5, 5.41) is 15.3. The first-order valence-electron chi connectivity index (χ1n) is 11.5. The fraction of sp³-hybridized carbons (Fsp3) is 0.296. The molecule has 2 saturated heterocycles. The van der Waals surface area contributed by atoms with Gasteiger partial charge in [-0.1, -0.05) is 12.1 Å². The number of hydrogen-bond acceptors (Lipinski definition) is 8. The van der Waals surface area contributed by atoms with Gasteiger partial charge in [0.05, 0.1) is 31.9 Å². The van der Waals surface area contributed by atoms with E-state index in [0.717, 1.165) is 11.1 Å². The van der Waals surface area contributed by atoms with Crippen LogP contribution in [-0.4, -0.2) is 53.9 Å². The molecule has 1 unspecified atom stereocenters. The predicted octanol–water partition coefficient (Wildman–Crippen LogP) is 4.47. The summed E-state index contributed by atoms with van der Waals surface area (Å²) in [5.74, 6) is -2.56. The van der Waals surface area contributed by atoms with Crippen LogP contribution in [0.15, 0.2) is 65.0 Å². The van der Waals surface area contributed by atoms with Gasteiger partial charge >= 0.3 is 0 Å². The van der Waals surface area contributed by atoms with Crippen molar-refractivity contribution in [2.75, 3.05) is 25.2 Å². The fourth-order valence-electron chi connectivity index (χ4n) is 4.51. The number of thiophene rings is 1. The molecule has 3 aromatic rings. The van der Waals surface area contributed by atoms with E-state index in [1.165, 1.54) is 18.2 Å². The van der Waals surface area contributed by atoms with Crippen molar-refractivity contribution in [1.29, 1.82) is 0 Å². The summed E-state index contributed by atoms with van der Waals surface area (Å²) < 4.78 is 16.8. The number of ketones is 1. The summed E-state index contributed by atoms with van der Waals surface area (Å²) in [4.78, 5) is 32.3.